The molecule has 0 bridgehead atoms. The highest BCUT2D eigenvalue weighted by Crippen LogP contribution is 2.62. The number of thiophene rings is 1. The molecule has 0 aliphatic carbocycles. The first-order valence-corrected chi connectivity index (χ1v) is 14.4. The van der Waals surface area contributed by atoms with E-state index in [1.54, 1.807) is 36.4 Å². The second-order valence-electron chi connectivity index (χ2n) is 10.4. The molecule has 1 amide bonds. The fraction of sp³-hybridized carbons (Fsp3) is 0.147. The van der Waals surface area contributed by atoms with E-state index in [1.165, 1.54) is 11.3 Å². The maximum Gasteiger partial charge on any atom is 0.238 e. The zero-order valence-corrected chi connectivity index (χ0v) is 22.8. The van der Waals surface area contributed by atoms with Gasteiger partial charge in [0, 0.05) is 11.9 Å². The van der Waals surface area contributed by atoms with E-state index in [1.807, 2.05) is 77.2 Å². The highest BCUT2D eigenvalue weighted by atomic mass is 32.1. The summed E-state index contributed by atoms with van der Waals surface area (Å²) in [6, 6.07) is 24.5. The van der Waals surface area contributed by atoms with Crippen LogP contribution in [0.4, 0.5) is 5.69 Å². The number of ketones is 2. The smallest absolute Gasteiger partial charge is 0.238 e. The number of carbonyl (C=O) groups is 3. The number of hydrogen-bond acceptors (Lipinski definition) is 6. The monoisotopic (exact) mass is 558 g/mol. The van der Waals surface area contributed by atoms with Crippen molar-refractivity contribution in [2.24, 2.45) is 5.92 Å². The highest BCUT2D eigenvalue weighted by Gasteiger charge is 2.71. The summed E-state index contributed by atoms with van der Waals surface area (Å²) in [6.45, 7) is 3.95. The number of rotatable bonds is 7. The highest BCUT2D eigenvalue weighted by molar-refractivity contribution is 7.12. The second-order valence-corrected chi connectivity index (χ2v) is 11.3. The molecule has 0 radical (unpaired) electrons. The lowest BCUT2D eigenvalue weighted by Gasteiger charge is -2.38. The van der Waals surface area contributed by atoms with Gasteiger partial charge in [-0.3, -0.25) is 14.4 Å². The van der Waals surface area contributed by atoms with Gasteiger partial charge in [0.25, 0.3) is 0 Å². The van der Waals surface area contributed by atoms with Crippen LogP contribution < -0.4 is 10.1 Å². The van der Waals surface area contributed by atoms with Crippen molar-refractivity contribution in [3.63, 3.8) is 0 Å². The predicted octanol–water partition coefficient (Wildman–Crippen LogP) is 6.29. The molecule has 4 aromatic rings. The van der Waals surface area contributed by atoms with Gasteiger partial charge in [0.15, 0.2) is 11.6 Å². The normalized spacial score (nSPS) is 23.5. The molecule has 3 aliphatic heterocycles. The van der Waals surface area contributed by atoms with Crippen molar-refractivity contribution in [1.29, 1.82) is 0 Å². The number of benzene rings is 3. The number of amides is 1. The van der Waals surface area contributed by atoms with Crippen LogP contribution in [-0.2, 0) is 10.2 Å². The summed E-state index contributed by atoms with van der Waals surface area (Å²) in [5, 5.41) is 4.93. The molecule has 3 aliphatic rings. The molecule has 0 saturated carbocycles. The first-order valence-electron chi connectivity index (χ1n) is 13.5. The van der Waals surface area contributed by atoms with Crippen LogP contribution in [0, 0.1) is 5.92 Å². The van der Waals surface area contributed by atoms with Crippen LogP contribution in [0.25, 0.3) is 6.08 Å². The zero-order chi connectivity index (χ0) is 28.1. The van der Waals surface area contributed by atoms with Crippen molar-refractivity contribution >= 4 is 40.6 Å². The van der Waals surface area contributed by atoms with Gasteiger partial charge in [-0.15, -0.1) is 11.3 Å². The molecule has 1 fully saturated rings. The third kappa shape index (κ3) is 3.59. The van der Waals surface area contributed by atoms with Crippen molar-refractivity contribution in [3.05, 3.63) is 136 Å². The SMILES string of the molecule is C=CCOc1ccccc1C(=O)[C@@H]1[C@@H](C(=O)c2cccs2)N2C=Cc3ccccc3[C@@H]2[C@]12C(=O)Nc1ccccc12. The molecule has 1 saturated heterocycles. The number of nitrogens with one attached hydrogen (secondary N) is 1. The minimum absolute atomic E-state index is 0.189. The Morgan fingerprint density at radius 3 is 2.59 bits per heavy atom. The average molecular weight is 559 g/mol. The Kier molecular flexibility index (Phi) is 5.98. The van der Waals surface area contributed by atoms with Gasteiger partial charge in [-0.05, 0) is 52.4 Å². The van der Waals surface area contributed by atoms with Gasteiger partial charge >= 0.3 is 0 Å². The minimum atomic E-state index is -1.38. The third-order valence-electron chi connectivity index (χ3n) is 8.39. The number of para-hydroxylation sites is 2. The summed E-state index contributed by atoms with van der Waals surface area (Å²) < 4.78 is 5.91. The number of ether oxygens (including phenoxy) is 1. The Balaban J connectivity index is 1.53. The van der Waals surface area contributed by atoms with E-state index in [0.29, 0.717) is 21.9 Å². The molecule has 202 valence electrons. The standard InChI is InChI=1S/C34H26N2O4S/c1-2-19-40-26-15-8-5-12-23(26)30(37)28-29(31(38)27-16-9-20-41-27)36-18-17-21-10-3-4-11-22(21)32(36)34(28)24-13-6-7-14-25(24)35-33(34)39/h2-18,20,28-29,32H,1,19H2,(H,35,39)/t28-,29-,32+,34+/m0/s1. The Bertz CT molecular complexity index is 1740. The summed E-state index contributed by atoms with van der Waals surface area (Å²) in [5.74, 6) is -1.45. The van der Waals surface area contributed by atoms with Crippen molar-refractivity contribution in [1.82, 2.24) is 4.90 Å². The summed E-state index contributed by atoms with van der Waals surface area (Å²) in [6.07, 6.45) is 5.46. The van der Waals surface area contributed by atoms with Gasteiger partial charge in [0.05, 0.1) is 22.4 Å². The van der Waals surface area contributed by atoms with Gasteiger partial charge in [-0.25, -0.2) is 0 Å². The molecule has 7 heteroatoms. The molecule has 1 spiro atoms. The van der Waals surface area contributed by atoms with Gasteiger partial charge in [0.1, 0.15) is 23.8 Å². The summed E-state index contributed by atoms with van der Waals surface area (Å²) in [7, 11) is 0. The van der Waals surface area contributed by atoms with E-state index in [-0.39, 0.29) is 24.1 Å². The van der Waals surface area contributed by atoms with Gasteiger partial charge in [-0.2, -0.15) is 0 Å². The number of nitrogens with zero attached hydrogens (tertiary/aromatic N) is 1. The number of Topliss-reactive ketones (excluding diaryl/α,β-unsaturated/α-hetero) is 2. The average Bonchev–Trinajstić information content (AvgIpc) is 3.72. The first-order chi connectivity index (χ1) is 20.1. The number of hydrogen-bond donors (Lipinski definition) is 1. The first kappa shape index (κ1) is 25.2. The predicted molar refractivity (Wildman–Crippen MR) is 159 cm³/mol. The molecule has 1 aromatic heterocycles. The fourth-order valence-electron chi connectivity index (χ4n) is 6.84. The summed E-state index contributed by atoms with van der Waals surface area (Å²) in [5.41, 5.74) is 2.18. The van der Waals surface area contributed by atoms with Gasteiger partial charge in [0.2, 0.25) is 5.91 Å². The quantitative estimate of drug-likeness (QED) is 0.213. The van der Waals surface area contributed by atoms with Crippen molar-refractivity contribution in [2.45, 2.75) is 17.5 Å². The molecule has 4 heterocycles. The Morgan fingerprint density at radius 1 is 0.976 bits per heavy atom. The second kappa shape index (κ2) is 9.71. The van der Waals surface area contributed by atoms with Crippen LogP contribution in [0.1, 0.15) is 42.8 Å². The van der Waals surface area contributed by atoms with E-state index in [9.17, 15) is 9.59 Å². The maximum absolute atomic E-state index is 15.0. The van der Waals surface area contributed by atoms with Crippen LogP contribution >= 0.6 is 11.3 Å². The van der Waals surface area contributed by atoms with E-state index >= 15 is 4.79 Å². The Hall–Kier alpha value is -4.75. The largest absolute Gasteiger partial charge is 0.489 e. The van der Waals surface area contributed by atoms with Crippen LogP contribution in [0.3, 0.4) is 0 Å². The van der Waals surface area contributed by atoms with E-state index in [4.69, 9.17) is 4.74 Å². The van der Waals surface area contributed by atoms with Crippen molar-refractivity contribution in [2.75, 3.05) is 11.9 Å². The van der Waals surface area contributed by atoms with E-state index < -0.39 is 23.4 Å². The molecular weight excluding hydrogens is 532 g/mol. The molecular formula is C34H26N2O4S. The fourth-order valence-corrected chi connectivity index (χ4v) is 7.54. The summed E-state index contributed by atoms with van der Waals surface area (Å²) in [4.78, 5) is 46.4. The van der Waals surface area contributed by atoms with Gasteiger partial charge < -0.3 is 15.0 Å². The van der Waals surface area contributed by atoms with Gasteiger partial charge in [-0.1, -0.05) is 73.3 Å². The molecule has 1 N–H and O–H groups in total. The van der Waals surface area contributed by atoms with Crippen LogP contribution in [0.5, 0.6) is 5.75 Å². The molecule has 6 nitrogen and oxygen atoms in total. The number of anilines is 1. The molecule has 3 aromatic carbocycles. The lowest BCUT2D eigenvalue weighted by Crippen LogP contribution is -2.49. The molecule has 41 heavy (non-hydrogen) atoms. The molecule has 4 atom stereocenters. The number of carbonyl (C=O) groups excluding carboxylic acids is 3. The molecule has 0 unspecified atom stereocenters. The van der Waals surface area contributed by atoms with Crippen LogP contribution in [-0.4, -0.2) is 35.0 Å². The number of fused-ring (bicyclic) bond motifs is 6. The Labute approximate surface area is 241 Å². The maximum atomic E-state index is 15.0. The third-order valence-corrected chi connectivity index (χ3v) is 9.28. The van der Waals surface area contributed by atoms with Crippen LogP contribution in [0.2, 0.25) is 0 Å². The van der Waals surface area contributed by atoms with E-state index in [2.05, 4.69) is 11.9 Å². The van der Waals surface area contributed by atoms with Crippen molar-refractivity contribution < 1.29 is 19.1 Å². The molecule has 7 rings (SSSR count). The Morgan fingerprint density at radius 2 is 1.76 bits per heavy atom. The lowest BCUT2D eigenvalue weighted by molar-refractivity contribution is -0.122. The minimum Gasteiger partial charge on any atom is -0.489 e. The lowest BCUT2D eigenvalue weighted by atomic mass is 9.62. The van der Waals surface area contributed by atoms with Crippen LogP contribution in [0.15, 0.2) is 109 Å². The van der Waals surface area contributed by atoms with Crippen molar-refractivity contribution in [3.8, 4) is 5.75 Å². The summed E-state index contributed by atoms with van der Waals surface area (Å²) >= 11 is 1.34. The van der Waals surface area contributed by atoms with E-state index in [0.717, 1.165) is 16.7 Å². The zero-order valence-electron chi connectivity index (χ0n) is 22.0. The topological polar surface area (TPSA) is 75.7 Å².